The highest BCUT2D eigenvalue weighted by Crippen LogP contribution is 2.41. The van der Waals surface area contributed by atoms with Gasteiger partial charge in [-0.1, -0.05) is 41.9 Å². The number of benzene rings is 1. The van der Waals surface area contributed by atoms with Crippen LogP contribution >= 0.6 is 28.1 Å². The van der Waals surface area contributed by atoms with Crippen molar-refractivity contribution in [1.29, 1.82) is 0 Å². The lowest BCUT2D eigenvalue weighted by molar-refractivity contribution is 0.287. The molecule has 4 nitrogen and oxygen atoms in total. The standard InChI is InChI=1S/C24H27BrN4S/c1-15(2)14-28-23(22(27-24(28)30)21-10-5-6-11-26-21)20-12-16(3)29(17(20)4)19-9-7-8-18(25)13-19/h5-13,15,22-23H,14H2,1-4H3,(H,27,30)/t22-,23+/m1/s1. The van der Waals surface area contributed by atoms with Crippen LogP contribution in [0.1, 0.15) is 48.6 Å². The maximum Gasteiger partial charge on any atom is 0.170 e. The summed E-state index contributed by atoms with van der Waals surface area (Å²) < 4.78 is 3.40. The van der Waals surface area contributed by atoms with Crippen molar-refractivity contribution in [2.45, 2.75) is 39.8 Å². The number of pyridine rings is 1. The lowest BCUT2D eigenvalue weighted by Crippen LogP contribution is -2.33. The van der Waals surface area contributed by atoms with Gasteiger partial charge in [-0.15, -0.1) is 0 Å². The number of hydrogen-bond donors (Lipinski definition) is 1. The van der Waals surface area contributed by atoms with Crippen LogP contribution in [0.5, 0.6) is 0 Å². The highest BCUT2D eigenvalue weighted by molar-refractivity contribution is 9.10. The summed E-state index contributed by atoms with van der Waals surface area (Å²) in [5.74, 6) is 0.503. The molecule has 1 saturated heterocycles. The highest BCUT2D eigenvalue weighted by atomic mass is 79.9. The average molecular weight is 483 g/mol. The number of aromatic nitrogens is 2. The van der Waals surface area contributed by atoms with Gasteiger partial charge in [0.05, 0.1) is 17.8 Å². The van der Waals surface area contributed by atoms with E-state index in [1.165, 1.54) is 17.0 Å². The van der Waals surface area contributed by atoms with Crippen molar-refractivity contribution >= 4 is 33.3 Å². The first-order valence-corrected chi connectivity index (χ1v) is 11.5. The Morgan fingerprint density at radius 2 is 1.93 bits per heavy atom. The van der Waals surface area contributed by atoms with Crippen molar-refractivity contribution in [3.63, 3.8) is 0 Å². The first-order chi connectivity index (χ1) is 14.4. The predicted octanol–water partition coefficient (Wildman–Crippen LogP) is 5.88. The average Bonchev–Trinajstić information content (AvgIpc) is 3.18. The van der Waals surface area contributed by atoms with E-state index >= 15 is 0 Å². The summed E-state index contributed by atoms with van der Waals surface area (Å²) in [5, 5.41) is 4.36. The second-order valence-corrected chi connectivity index (χ2v) is 9.62. The molecule has 0 bridgehead atoms. The minimum absolute atomic E-state index is 0.0221. The third-order valence-corrected chi connectivity index (χ3v) is 6.46. The van der Waals surface area contributed by atoms with E-state index in [-0.39, 0.29) is 12.1 Å². The van der Waals surface area contributed by atoms with Gasteiger partial charge in [0.25, 0.3) is 0 Å². The summed E-state index contributed by atoms with van der Waals surface area (Å²) >= 11 is 9.39. The normalized spacial score (nSPS) is 18.9. The highest BCUT2D eigenvalue weighted by Gasteiger charge is 2.41. The summed E-state index contributed by atoms with van der Waals surface area (Å²) in [6.45, 7) is 9.74. The van der Waals surface area contributed by atoms with Gasteiger partial charge in [-0.2, -0.15) is 0 Å². The molecule has 3 aromatic rings. The second-order valence-electron chi connectivity index (χ2n) is 8.31. The van der Waals surface area contributed by atoms with Crippen LogP contribution in [0, 0.1) is 19.8 Å². The molecule has 2 atom stereocenters. The van der Waals surface area contributed by atoms with E-state index in [0.717, 1.165) is 27.5 Å². The molecule has 0 aliphatic carbocycles. The third kappa shape index (κ3) is 3.91. The van der Waals surface area contributed by atoms with Crippen LogP contribution in [0.3, 0.4) is 0 Å². The monoisotopic (exact) mass is 482 g/mol. The molecule has 0 radical (unpaired) electrons. The molecular formula is C24H27BrN4S. The minimum Gasteiger partial charge on any atom is -0.352 e. The molecular weight excluding hydrogens is 456 g/mol. The Morgan fingerprint density at radius 3 is 2.60 bits per heavy atom. The van der Waals surface area contributed by atoms with Gasteiger partial charge in [0.2, 0.25) is 0 Å². The first kappa shape index (κ1) is 21.1. The zero-order valence-corrected chi connectivity index (χ0v) is 20.2. The molecule has 156 valence electrons. The molecule has 30 heavy (non-hydrogen) atoms. The van der Waals surface area contributed by atoms with E-state index < -0.39 is 0 Å². The molecule has 1 aromatic carbocycles. The summed E-state index contributed by atoms with van der Waals surface area (Å²) in [4.78, 5) is 6.99. The number of nitrogens with zero attached hydrogens (tertiary/aromatic N) is 3. The molecule has 1 aliphatic heterocycles. The SMILES string of the molecule is Cc1cc([C@H]2[C@@H](c3ccccn3)NC(=S)N2CC(C)C)c(C)n1-c1cccc(Br)c1. The zero-order valence-electron chi connectivity index (χ0n) is 17.8. The number of hydrogen-bond acceptors (Lipinski definition) is 2. The minimum atomic E-state index is 0.0221. The fourth-order valence-corrected chi connectivity index (χ4v) is 5.14. The Bertz CT molecular complexity index is 1060. The van der Waals surface area contributed by atoms with E-state index in [1.54, 1.807) is 0 Å². The van der Waals surface area contributed by atoms with Crippen molar-refractivity contribution in [1.82, 2.24) is 19.8 Å². The fourth-order valence-electron chi connectivity index (χ4n) is 4.43. The Labute approximate surface area is 192 Å². The Morgan fingerprint density at radius 1 is 1.13 bits per heavy atom. The summed E-state index contributed by atoms with van der Waals surface area (Å²) in [6, 6.07) is 16.9. The van der Waals surface area contributed by atoms with Crippen LogP contribution in [0.15, 0.2) is 59.2 Å². The van der Waals surface area contributed by atoms with Crippen LogP contribution in [0.2, 0.25) is 0 Å². The van der Waals surface area contributed by atoms with Gasteiger partial charge in [-0.05, 0) is 73.9 Å². The molecule has 3 heterocycles. The number of thiocarbonyl (C=S) groups is 1. The lowest BCUT2D eigenvalue weighted by Gasteiger charge is -2.29. The van der Waals surface area contributed by atoms with Crippen LogP contribution in [0.25, 0.3) is 5.69 Å². The van der Waals surface area contributed by atoms with Gasteiger partial charge in [0.1, 0.15) is 0 Å². The number of halogens is 1. The second kappa shape index (κ2) is 8.52. The van der Waals surface area contributed by atoms with E-state index in [1.807, 2.05) is 18.3 Å². The zero-order chi connectivity index (χ0) is 21.4. The van der Waals surface area contributed by atoms with Gasteiger partial charge in [-0.25, -0.2) is 0 Å². The fraction of sp³-hybridized carbons (Fsp3) is 0.333. The molecule has 0 spiro atoms. The topological polar surface area (TPSA) is 33.1 Å². The smallest absolute Gasteiger partial charge is 0.170 e. The number of aryl methyl sites for hydroxylation is 1. The van der Waals surface area contributed by atoms with E-state index in [9.17, 15) is 0 Å². The summed E-state index contributed by atoms with van der Waals surface area (Å²) in [6.07, 6.45) is 1.85. The molecule has 2 aromatic heterocycles. The van der Waals surface area contributed by atoms with Crippen molar-refractivity contribution in [3.05, 3.63) is 81.8 Å². The van der Waals surface area contributed by atoms with Crippen LogP contribution in [0.4, 0.5) is 0 Å². The molecule has 0 unspecified atom stereocenters. The van der Waals surface area contributed by atoms with Gasteiger partial charge < -0.3 is 14.8 Å². The molecule has 0 amide bonds. The molecule has 6 heteroatoms. The summed E-state index contributed by atoms with van der Waals surface area (Å²) in [5.41, 5.74) is 5.91. The van der Waals surface area contributed by atoms with Crippen LogP contribution < -0.4 is 5.32 Å². The van der Waals surface area contributed by atoms with E-state index in [0.29, 0.717) is 5.92 Å². The van der Waals surface area contributed by atoms with Gasteiger partial charge in [-0.3, -0.25) is 4.98 Å². The number of rotatable bonds is 5. The van der Waals surface area contributed by atoms with Crippen LogP contribution in [-0.2, 0) is 0 Å². The molecule has 4 rings (SSSR count). The Balaban J connectivity index is 1.84. The molecule has 1 N–H and O–H groups in total. The van der Waals surface area contributed by atoms with Gasteiger partial charge >= 0.3 is 0 Å². The van der Waals surface area contributed by atoms with Crippen molar-refractivity contribution in [3.8, 4) is 5.69 Å². The van der Waals surface area contributed by atoms with Gasteiger partial charge in [0.15, 0.2) is 5.11 Å². The maximum atomic E-state index is 5.78. The molecule has 0 saturated carbocycles. The largest absolute Gasteiger partial charge is 0.352 e. The van der Waals surface area contributed by atoms with Crippen molar-refractivity contribution in [2.24, 2.45) is 5.92 Å². The Kier molecular flexibility index (Phi) is 5.98. The predicted molar refractivity (Wildman–Crippen MR) is 130 cm³/mol. The first-order valence-electron chi connectivity index (χ1n) is 10.3. The van der Waals surface area contributed by atoms with E-state index in [4.69, 9.17) is 12.2 Å². The van der Waals surface area contributed by atoms with Crippen molar-refractivity contribution in [2.75, 3.05) is 6.54 Å². The third-order valence-electron chi connectivity index (χ3n) is 5.61. The lowest BCUT2D eigenvalue weighted by atomic mass is 9.96. The summed E-state index contributed by atoms with van der Waals surface area (Å²) in [7, 11) is 0. The molecule has 1 fully saturated rings. The quantitative estimate of drug-likeness (QED) is 0.460. The van der Waals surface area contributed by atoms with Gasteiger partial charge in [0, 0.05) is 34.3 Å². The Hall–Kier alpha value is -2.18. The van der Waals surface area contributed by atoms with Crippen LogP contribution in [-0.4, -0.2) is 26.1 Å². The van der Waals surface area contributed by atoms with Crippen molar-refractivity contribution < 1.29 is 0 Å². The van der Waals surface area contributed by atoms with E-state index in [2.05, 4.69) is 99.8 Å². The maximum absolute atomic E-state index is 5.78. The molecule has 1 aliphatic rings. The number of nitrogens with one attached hydrogen (secondary N) is 1.